The minimum absolute atomic E-state index is 0.356. The van der Waals surface area contributed by atoms with Crippen molar-refractivity contribution in [3.63, 3.8) is 0 Å². The smallest absolute Gasteiger partial charge is 0.0855 e. The first-order chi connectivity index (χ1) is 9.47. The van der Waals surface area contributed by atoms with Gasteiger partial charge in [-0.05, 0) is 25.7 Å². The number of nitrogens with zero attached hydrogens (tertiary/aromatic N) is 6. The van der Waals surface area contributed by atoms with Gasteiger partial charge >= 0.3 is 0 Å². The van der Waals surface area contributed by atoms with E-state index < -0.39 is 0 Å². The number of hydrogen-bond donors (Lipinski definition) is 0. The number of rotatable bonds is 6. The standard InChI is InChI=1S/C14H24N6/c1-10(2)13-9-20(18-15-13)12(4)7-6-11(3)14-8-19(5)17-16-14/h8-12H,6-7H2,1-5H3. The summed E-state index contributed by atoms with van der Waals surface area (Å²) in [5.74, 6) is 0.841. The van der Waals surface area contributed by atoms with Gasteiger partial charge in [0.25, 0.3) is 0 Å². The van der Waals surface area contributed by atoms with Gasteiger partial charge in [0.15, 0.2) is 0 Å². The van der Waals surface area contributed by atoms with Crippen LogP contribution in [0.2, 0.25) is 0 Å². The first-order valence-corrected chi connectivity index (χ1v) is 7.25. The van der Waals surface area contributed by atoms with Crippen molar-refractivity contribution in [2.45, 2.75) is 58.4 Å². The van der Waals surface area contributed by atoms with Gasteiger partial charge in [-0.15, -0.1) is 10.2 Å². The Morgan fingerprint density at radius 2 is 1.65 bits per heavy atom. The Balaban J connectivity index is 1.89. The van der Waals surface area contributed by atoms with E-state index in [1.54, 1.807) is 4.68 Å². The normalized spacial score (nSPS) is 14.7. The van der Waals surface area contributed by atoms with Crippen LogP contribution in [0, 0.1) is 0 Å². The molecule has 0 amide bonds. The summed E-state index contributed by atoms with van der Waals surface area (Å²) in [6, 6.07) is 0.356. The lowest BCUT2D eigenvalue weighted by Gasteiger charge is -2.13. The quantitative estimate of drug-likeness (QED) is 0.813. The summed E-state index contributed by atoms with van der Waals surface area (Å²) in [5, 5.41) is 16.6. The molecule has 2 atom stereocenters. The van der Waals surface area contributed by atoms with Crippen molar-refractivity contribution in [3.05, 3.63) is 23.8 Å². The molecule has 0 aliphatic heterocycles. The highest BCUT2D eigenvalue weighted by molar-refractivity contribution is 5.01. The van der Waals surface area contributed by atoms with Crippen molar-refractivity contribution in [1.82, 2.24) is 30.0 Å². The molecule has 0 saturated heterocycles. The molecular formula is C14H24N6. The van der Waals surface area contributed by atoms with E-state index >= 15 is 0 Å². The van der Waals surface area contributed by atoms with Crippen LogP contribution >= 0.6 is 0 Å². The van der Waals surface area contributed by atoms with Crippen LogP contribution in [0.5, 0.6) is 0 Å². The van der Waals surface area contributed by atoms with Gasteiger partial charge in [-0.3, -0.25) is 4.68 Å². The Morgan fingerprint density at radius 1 is 0.950 bits per heavy atom. The molecule has 2 heterocycles. The first-order valence-electron chi connectivity index (χ1n) is 7.25. The Labute approximate surface area is 120 Å². The third-order valence-corrected chi connectivity index (χ3v) is 3.71. The second-order valence-corrected chi connectivity index (χ2v) is 5.92. The molecular weight excluding hydrogens is 252 g/mol. The molecule has 0 aliphatic carbocycles. The maximum absolute atomic E-state index is 4.23. The first kappa shape index (κ1) is 14.7. The zero-order valence-electron chi connectivity index (χ0n) is 13.0. The van der Waals surface area contributed by atoms with Crippen molar-refractivity contribution in [1.29, 1.82) is 0 Å². The molecule has 0 N–H and O–H groups in total. The summed E-state index contributed by atoms with van der Waals surface area (Å²) in [5.41, 5.74) is 2.11. The predicted molar refractivity (Wildman–Crippen MR) is 77.5 cm³/mol. The maximum atomic E-state index is 4.23. The molecule has 2 unspecified atom stereocenters. The highest BCUT2D eigenvalue weighted by Crippen LogP contribution is 2.23. The van der Waals surface area contributed by atoms with Crippen LogP contribution < -0.4 is 0 Å². The molecule has 2 rings (SSSR count). The van der Waals surface area contributed by atoms with Gasteiger partial charge in [0.05, 0.1) is 17.4 Å². The highest BCUT2D eigenvalue weighted by atomic mass is 15.4. The lowest BCUT2D eigenvalue weighted by Crippen LogP contribution is -2.07. The van der Waals surface area contributed by atoms with Crippen molar-refractivity contribution in [2.75, 3.05) is 0 Å². The van der Waals surface area contributed by atoms with Crippen molar-refractivity contribution >= 4 is 0 Å². The van der Waals surface area contributed by atoms with Gasteiger partial charge in [-0.2, -0.15) is 0 Å². The average Bonchev–Trinajstić information content (AvgIpc) is 3.04. The molecule has 0 radical (unpaired) electrons. The van der Waals surface area contributed by atoms with E-state index in [1.165, 1.54) is 0 Å². The molecule has 0 aromatic carbocycles. The summed E-state index contributed by atoms with van der Waals surface area (Å²) in [6.07, 6.45) is 6.17. The van der Waals surface area contributed by atoms with E-state index in [0.29, 0.717) is 17.9 Å². The summed E-state index contributed by atoms with van der Waals surface area (Å²) >= 11 is 0. The molecule has 0 bridgehead atoms. The van der Waals surface area contributed by atoms with Gasteiger partial charge in [-0.1, -0.05) is 31.2 Å². The second kappa shape index (κ2) is 6.15. The maximum Gasteiger partial charge on any atom is 0.0855 e. The summed E-state index contributed by atoms with van der Waals surface area (Å²) < 4.78 is 3.72. The third kappa shape index (κ3) is 3.43. The highest BCUT2D eigenvalue weighted by Gasteiger charge is 2.14. The van der Waals surface area contributed by atoms with E-state index in [1.807, 2.05) is 17.9 Å². The van der Waals surface area contributed by atoms with E-state index in [4.69, 9.17) is 0 Å². The topological polar surface area (TPSA) is 61.4 Å². The van der Waals surface area contributed by atoms with E-state index in [-0.39, 0.29) is 0 Å². The van der Waals surface area contributed by atoms with E-state index in [9.17, 15) is 0 Å². The fraction of sp³-hybridized carbons (Fsp3) is 0.714. The van der Waals surface area contributed by atoms with Crippen molar-refractivity contribution in [2.24, 2.45) is 7.05 Å². The zero-order chi connectivity index (χ0) is 14.7. The lowest BCUT2D eigenvalue weighted by atomic mass is 10.00. The summed E-state index contributed by atoms with van der Waals surface area (Å²) in [4.78, 5) is 0. The molecule has 20 heavy (non-hydrogen) atoms. The number of aromatic nitrogens is 6. The molecule has 6 nitrogen and oxygen atoms in total. The molecule has 0 saturated carbocycles. The van der Waals surface area contributed by atoms with Crippen LogP contribution in [0.25, 0.3) is 0 Å². The van der Waals surface area contributed by atoms with Crippen LogP contribution in [0.4, 0.5) is 0 Å². The van der Waals surface area contributed by atoms with Crippen LogP contribution in [0.3, 0.4) is 0 Å². The Morgan fingerprint density at radius 3 is 2.20 bits per heavy atom. The summed E-state index contributed by atoms with van der Waals surface area (Å²) in [7, 11) is 1.90. The van der Waals surface area contributed by atoms with Crippen LogP contribution in [-0.4, -0.2) is 30.0 Å². The number of aryl methyl sites for hydroxylation is 1. The molecule has 0 spiro atoms. The van der Waals surface area contributed by atoms with Gasteiger partial charge in [-0.25, -0.2) is 4.68 Å². The second-order valence-electron chi connectivity index (χ2n) is 5.92. The van der Waals surface area contributed by atoms with Gasteiger partial charge in [0.1, 0.15) is 0 Å². The van der Waals surface area contributed by atoms with Gasteiger partial charge < -0.3 is 0 Å². The fourth-order valence-corrected chi connectivity index (χ4v) is 2.13. The Bertz CT molecular complexity index is 541. The zero-order valence-corrected chi connectivity index (χ0v) is 13.0. The van der Waals surface area contributed by atoms with Gasteiger partial charge in [0, 0.05) is 25.4 Å². The van der Waals surface area contributed by atoms with E-state index in [2.05, 4.69) is 54.5 Å². The fourth-order valence-electron chi connectivity index (χ4n) is 2.13. The molecule has 0 fully saturated rings. The average molecular weight is 276 g/mol. The monoisotopic (exact) mass is 276 g/mol. The largest absolute Gasteiger partial charge is 0.255 e. The van der Waals surface area contributed by atoms with Crippen molar-refractivity contribution < 1.29 is 0 Å². The predicted octanol–water partition coefficient (Wildman–Crippen LogP) is 2.67. The minimum Gasteiger partial charge on any atom is -0.255 e. The van der Waals surface area contributed by atoms with Crippen LogP contribution in [0.1, 0.15) is 69.8 Å². The van der Waals surface area contributed by atoms with Crippen LogP contribution in [0.15, 0.2) is 12.4 Å². The minimum atomic E-state index is 0.356. The molecule has 6 heteroatoms. The Kier molecular flexibility index (Phi) is 4.52. The van der Waals surface area contributed by atoms with Crippen molar-refractivity contribution in [3.8, 4) is 0 Å². The molecule has 2 aromatic heterocycles. The Hall–Kier alpha value is -1.72. The van der Waals surface area contributed by atoms with E-state index in [0.717, 1.165) is 24.2 Å². The summed E-state index contributed by atoms with van der Waals surface area (Å²) in [6.45, 7) is 8.64. The SMILES string of the molecule is CC(C)c1cn(C(C)CCC(C)c2cn(C)nn2)nn1. The van der Waals surface area contributed by atoms with Gasteiger partial charge in [0.2, 0.25) is 0 Å². The molecule has 0 aliphatic rings. The molecule has 110 valence electrons. The molecule has 2 aromatic rings. The lowest BCUT2D eigenvalue weighted by molar-refractivity contribution is 0.419. The third-order valence-electron chi connectivity index (χ3n) is 3.71. The van der Waals surface area contributed by atoms with Crippen LogP contribution in [-0.2, 0) is 7.05 Å². The number of hydrogen-bond acceptors (Lipinski definition) is 4.